The van der Waals surface area contributed by atoms with Gasteiger partial charge < -0.3 is 5.32 Å². The molecule has 2 heterocycles. The number of aryl methyl sites for hydroxylation is 1. The number of halogens is 2. The van der Waals surface area contributed by atoms with E-state index in [0.29, 0.717) is 16.1 Å². The van der Waals surface area contributed by atoms with Crippen LogP contribution >= 0.6 is 35.1 Å². The summed E-state index contributed by atoms with van der Waals surface area (Å²) in [4.78, 5) is 31.3. The third-order valence-corrected chi connectivity index (χ3v) is 8.81. The minimum Gasteiger partial charge on any atom is -0.325 e. The van der Waals surface area contributed by atoms with Gasteiger partial charge in [-0.25, -0.2) is 9.37 Å². The van der Waals surface area contributed by atoms with E-state index >= 15 is 0 Å². The number of hydrogen-bond acceptors (Lipinski definition) is 5. The number of benzene rings is 2. The summed E-state index contributed by atoms with van der Waals surface area (Å²) in [5.74, 6) is -0.546. The Morgan fingerprint density at radius 3 is 2.88 bits per heavy atom. The van der Waals surface area contributed by atoms with Gasteiger partial charge in [0.25, 0.3) is 5.56 Å². The Kier molecular flexibility index (Phi) is 6.73. The van der Waals surface area contributed by atoms with E-state index in [2.05, 4.69) is 5.32 Å². The van der Waals surface area contributed by atoms with Crippen molar-refractivity contribution in [2.75, 3.05) is 11.1 Å². The number of fused-ring (bicyclic) bond motifs is 3. The number of thioether (sulfide) groups is 2. The number of carbonyl (C=O) groups is 1. The molecule has 2 aliphatic rings. The molecule has 9 heteroatoms. The van der Waals surface area contributed by atoms with Crippen LogP contribution in [0.1, 0.15) is 42.7 Å². The number of anilines is 1. The summed E-state index contributed by atoms with van der Waals surface area (Å²) in [5.41, 5.74) is 2.99. The Morgan fingerprint density at radius 2 is 2.09 bits per heavy atom. The zero-order valence-electron chi connectivity index (χ0n) is 18.5. The van der Waals surface area contributed by atoms with Crippen molar-refractivity contribution >= 4 is 46.7 Å². The smallest absolute Gasteiger partial charge is 0.263 e. The number of carbonyl (C=O) groups excluding carboxylic acids is 1. The minimum atomic E-state index is -0.545. The Hall–Kier alpha value is -2.29. The van der Waals surface area contributed by atoms with Gasteiger partial charge in [0, 0.05) is 16.9 Å². The first kappa shape index (κ1) is 23.5. The van der Waals surface area contributed by atoms with Crippen LogP contribution in [0.5, 0.6) is 0 Å². The van der Waals surface area contributed by atoms with E-state index in [9.17, 15) is 14.0 Å². The summed E-state index contributed by atoms with van der Waals surface area (Å²) in [5, 5.41) is 4.37. The molecule has 5 nitrogen and oxygen atoms in total. The lowest BCUT2D eigenvalue weighted by Crippen LogP contribution is -2.29. The van der Waals surface area contributed by atoms with E-state index in [1.165, 1.54) is 36.4 Å². The summed E-state index contributed by atoms with van der Waals surface area (Å²) >= 11 is 8.74. The van der Waals surface area contributed by atoms with Crippen molar-refractivity contribution in [2.24, 2.45) is 0 Å². The van der Waals surface area contributed by atoms with Gasteiger partial charge >= 0.3 is 0 Å². The first-order valence-electron chi connectivity index (χ1n) is 11.2. The van der Waals surface area contributed by atoms with Crippen molar-refractivity contribution in [2.45, 2.75) is 54.0 Å². The van der Waals surface area contributed by atoms with Gasteiger partial charge in [0.1, 0.15) is 10.8 Å². The van der Waals surface area contributed by atoms with E-state index in [1.807, 2.05) is 31.2 Å². The van der Waals surface area contributed by atoms with Gasteiger partial charge in [-0.3, -0.25) is 14.2 Å². The zero-order chi connectivity index (χ0) is 23.8. The van der Waals surface area contributed by atoms with Gasteiger partial charge in [-0.2, -0.15) is 0 Å². The van der Waals surface area contributed by atoms with Crippen molar-refractivity contribution in [1.82, 2.24) is 9.55 Å². The van der Waals surface area contributed by atoms with Crippen LogP contribution in [0.3, 0.4) is 0 Å². The molecule has 0 unspecified atom stereocenters. The lowest BCUT2D eigenvalue weighted by Gasteiger charge is -2.24. The van der Waals surface area contributed by atoms with Crippen LogP contribution in [0.15, 0.2) is 57.4 Å². The van der Waals surface area contributed by atoms with E-state index in [4.69, 9.17) is 16.6 Å². The highest BCUT2D eigenvalue weighted by atomic mass is 35.5. The summed E-state index contributed by atoms with van der Waals surface area (Å²) in [6.07, 6.45) is 4.43. The monoisotopic (exact) mass is 515 g/mol. The molecule has 5 rings (SSSR count). The SMILES string of the molecule is Cc1cccc(-n2c(SCC(=O)Nc3ccc(F)c(Cl)c3)nc3c(c2=O)[C@@H]2CCCC[C@H]2S3)c1. The Labute approximate surface area is 210 Å². The van der Waals surface area contributed by atoms with Crippen LogP contribution in [0.2, 0.25) is 5.02 Å². The molecule has 0 radical (unpaired) electrons. The molecule has 34 heavy (non-hydrogen) atoms. The van der Waals surface area contributed by atoms with Crippen LogP contribution in [-0.4, -0.2) is 26.5 Å². The lowest BCUT2D eigenvalue weighted by atomic mass is 9.85. The third-order valence-electron chi connectivity index (χ3n) is 6.18. The fourth-order valence-corrected chi connectivity index (χ4v) is 7.16. The molecule has 2 atom stereocenters. The summed E-state index contributed by atoms with van der Waals surface area (Å²) < 4.78 is 15.1. The molecule has 1 aliphatic carbocycles. The summed E-state index contributed by atoms with van der Waals surface area (Å²) in [6.45, 7) is 1.98. The zero-order valence-corrected chi connectivity index (χ0v) is 20.9. The molecular formula is C25H23ClFN3O2S2. The average molecular weight is 516 g/mol. The topological polar surface area (TPSA) is 64.0 Å². The maximum absolute atomic E-state index is 13.8. The molecule has 1 aromatic heterocycles. The maximum Gasteiger partial charge on any atom is 0.263 e. The molecular weight excluding hydrogens is 493 g/mol. The van der Waals surface area contributed by atoms with Crippen molar-refractivity contribution < 1.29 is 9.18 Å². The van der Waals surface area contributed by atoms with Crippen LogP contribution in [0.4, 0.5) is 10.1 Å². The maximum atomic E-state index is 13.8. The predicted octanol–water partition coefficient (Wildman–Crippen LogP) is 6.20. The normalized spacial score (nSPS) is 18.9. The van der Waals surface area contributed by atoms with Gasteiger partial charge in [0.05, 0.1) is 22.0 Å². The minimum absolute atomic E-state index is 0.0364. The molecule has 2 aromatic carbocycles. The summed E-state index contributed by atoms with van der Waals surface area (Å²) in [7, 11) is 0. The number of rotatable bonds is 5. The van der Waals surface area contributed by atoms with Gasteiger partial charge in [-0.05, 0) is 55.7 Å². The number of hydrogen-bond donors (Lipinski definition) is 1. The highest BCUT2D eigenvalue weighted by Crippen LogP contribution is 2.50. The first-order chi connectivity index (χ1) is 16.4. The fraction of sp³-hybridized carbons (Fsp3) is 0.320. The number of nitrogens with one attached hydrogen (secondary N) is 1. The second-order valence-corrected chi connectivity index (χ2v) is 11.2. The number of amides is 1. The van der Waals surface area contributed by atoms with Gasteiger partial charge in [0.2, 0.25) is 5.91 Å². The van der Waals surface area contributed by atoms with Crippen molar-refractivity contribution in [1.29, 1.82) is 0 Å². The second kappa shape index (κ2) is 9.76. The quantitative estimate of drug-likeness (QED) is 0.249. The highest BCUT2D eigenvalue weighted by Gasteiger charge is 2.39. The Balaban J connectivity index is 1.46. The van der Waals surface area contributed by atoms with Gasteiger partial charge in [-0.15, -0.1) is 11.8 Å². The molecule has 0 spiro atoms. The largest absolute Gasteiger partial charge is 0.325 e. The van der Waals surface area contributed by atoms with E-state index in [0.717, 1.165) is 41.1 Å². The second-order valence-electron chi connectivity index (χ2n) is 8.61. The fourth-order valence-electron chi connectivity index (χ4n) is 4.61. The van der Waals surface area contributed by atoms with E-state index in [1.54, 1.807) is 16.3 Å². The van der Waals surface area contributed by atoms with Crippen LogP contribution in [0, 0.1) is 12.7 Å². The van der Waals surface area contributed by atoms with E-state index in [-0.39, 0.29) is 28.2 Å². The molecule has 1 amide bonds. The molecule has 1 aliphatic heterocycles. The lowest BCUT2D eigenvalue weighted by molar-refractivity contribution is -0.113. The predicted molar refractivity (Wildman–Crippen MR) is 136 cm³/mol. The van der Waals surface area contributed by atoms with Crippen LogP contribution < -0.4 is 10.9 Å². The van der Waals surface area contributed by atoms with Gasteiger partial charge in [-0.1, -0.05) is 48.3 Å². The Bertz CT molecular complexity index is 1330. The molecule has 0 saturated heterocycles. The summed E-state index contributed by atoms with van der Waals surface area (Å²) in [6, 6.07) is 11.8. The van der Waals surface area contributed by atoms with Crippen LogP contribution in [0.25, 0.3) is 5.69 Å². The highest BCUT2D eigenvalue weighted by molar-refractivity contribution is 8.00. The molecule has 1 N–H and O–H groups in total. The molecule has 1 saturated carbocycles. The van der Waals surface area contributed by atoms with Crippen molar-refractivity contribution in [3.05, 3.63) is 74.8 Å². The number of nitrogens with zero attached hydrogens (tertiary/aromatic N) is 2. The molecule has 176 valence electrons. The van der Waals surface area contributed by atoms with Crippen molar-refractivity contribution in [3.8, 4) is 5.69 Å². The first-order valence-corrected chi connectivity index (χ1v) is 13.4. The van der Waals surface area contributed by atoms with Crippen LogP contribution in [-0.2, 0) is 4.79 Å². The number of aromatic nitrogens is 2. The van der Waals surface area contributed by atoms with Crippen molar-refractivity contribution in [3.63, 3.8) is 0 Å². The molecule has 0 bridgehead atoms. The standard InChI is InChI=1S/C25H23ClFN3O2S2/c1-14-5-4-6-16(11-14)30-24(32)22-17-7-2-3-8-20(17)34-23(22)29-25(30)33-13-21(31)28-15-9-10-19(27)18(26)12-15/h4-6,9-12,17,20H,2-3,7-8,13H2,1H3,(H,28,31)/t17-,20-/m1/s1. The third kappa shape index (κ3) is 4.63. The average Bonchev–Trinajstić information content (AvgIpc) is 3.19. The molecule has 3 aromatic rings. The van der Waals surface area contributed by atoms with E-state index < -0.39 is 5.82 Å². The molecule has 1 fully saturated rings. The van der Waals surface area contributed by atoms with Gasteiger partial charge in [0.15, 0.2) is 5.16 Å². The Morgan fingerprint density at radius 1 is 1.26 bits per heavy atom.